The van der Waals surface area contributed by atoms with Gasteiger partial charge in [-0.05, 0) is 38.5 Å². The zero-order valence-electron chi connectivity index (χ0n) is 8.60. The Morgan fingerprint density at radius 3 is 2.58 bits per heavy atom. The van der Waals surface area contributed by atoms with Crippen LogP contribution in [-0.4, -0.2) is 0 Å². The maximum Gasteiger partial charge on any atom is -0.0326 e. The highest BCUT2D eigenvalue weighted by atomic mass is 14.1. The maximum atomic E-state index is 3.90. The van der Waals surface area contributed by atoms with E-state index in [1.54, 1.807) is 0 Å². The molecule has 1 unspecified atom stereocenters. The van der Waals surface area contributed by atoms with Crippen molar-refractivity contribution in [1.82, 2.24) is 0 Å². The number of hydrogen-bond acceptors (Lipinski definition) is 0. The monoisotopic (exact) mass is 166 g/mol. The van der Waals surface area contributed by atoms with Crippen molar-refractivity contribution < 1.29 is 0 Å². The molecular formula is C12H22. The molecule has 0 spiro atoms. The van der Waals surface area contributed by atoms with Gasteiger partial charge >= 0.3 is 0 Å². The van der Waals surface area contributed by atoms with Crippen molar-refractivity contribution in [2.75, 3.05) is 0 Å². The van der Waals surface area contributed by atoms with Crippen molar-refractivity contribution in [3.8, 4) is 0 Å². The molecule has 0 aromatic heterocycles. The smallest absolute Gasteiger partial charge is 0.0326 e. The van der Waals surface area contributed by atoms with Gasteiger partial charge in [-0.25, -0.2) is 0 Å². The molecule has 0 aliphatic rings. The van der Waals surface area contributed by atoms with E-state index in [0.717, 1.165) is 12.3 Å². The van der Waals surface area contributed by atoms with Crippen LogP contribution in [0, 0.1) is 5.92 Å². The van der Waals surface area contributed by atoms with Crippen molar-refractivity contribution in [1.29, 1.82) is 0 Å². The zero-order valence-corrected chi connectivity index (χ0v) is 8.60. The van der Waals surface area contributed by atoms with E-state index in [2.05, 4.69) is 27.0 Å². The van der Waals surface area contributed by atoms with Gasteiger partial charge in [0.2, 0.25) is 0 Å². The summed E-state index contributed by atoms with van der Waals surface area (Å²) in [6.45, 7) is 12.1. The van der Waals surface area contributed by atoms with Crippen LogP contribution in [-0.2, 0) is 0 Å². The molecule has 0 aliphatic carbocycles. The number of hydrogen-bond donors (Lipinski definition) is 0. The Morgan fingerprint density at radius 1 is 1.42 bits per heavy atom. The molecule has 0 saturated heterocycles. The van der Waals surface area contributed by atoms with Gasteiger partial charge in [-0.3, -0.25) is 0 Å². The third-order valence-electron chi connectivity index (χ3n) is 2.16. The third-order valence-corrected chi connectivity index (χ3v) is 2.16. The first-order valence-corrected chi connectivity index (χ1v) is 4.92. The minimum Gasteiger partial charge on any atom is -0.103 e. The Bertz CT molecular complexity index is 133. The maximum absolute atomic E-state index is 3.90. The summed E-state index contributed by atoms with van der Waals surface area (Å²) >= 11 is 0. The van der Waals surface area contributed by atoms with Crippen molar-refractivity contribution in [2.45, 2.75) is 46.0 Å². The SMILES string of the molecule is C=CCCC(C)CCCC(=C)C. The highest BCUT2D eigenvalue weighted by molar-refractivity contribution is 4.87. The zero-order chi connectivity index (χ0) is 9.40. The van der Waals surface area contributed by atoms with Crippen LogP contribution >= 0.6 is 0 Å². The summed E-state index contributed by atoms with van der Waals surface area (Å²) in [4.78, 5) is 0. The second kappa shape index (κ2) is 7.15. The lowest BCUT2D eigenvalue weighted by Crippen LogP contribution is -1.93. The topological polar surface area (TPSA) is 0 Å². The van der Waals surface area contributed by atoms with Crippen molar-refractivity contribution in [2.24, 2.45) is 5.92 Å². The fraction of sp³-hybridized carbons (Fsp3) is 0.667. The van der Waals surface area contributed by atoms with Crippen molar-refractivity contribution >= 4 is 0 Å². The van der Waals surface area contributed by atoms with E-state index >= 15 is 0 Å². The van der Waals surface area contributed by atoms with E-state index in [4.69, 9.17) is 0 Å². The van der Waals surface area contributed by atoms with E-state index in [9.17, 15) is 0 Å². The van der Waals surface area contributed by atoms with Gasteiger partial charge in [0.15, 0.2) is 0 Å². The van der Waals surface area contributed by atoms with Crippen LogP contribution in [0.1, 0.15) is 46.0 Å². The second-order valence-electron chi connectivity index (χ2n) is 3.82. The Morgan fingerprint density at radius 2 is 2.08 bits per heavy atom. The molecule has 0 aromatic rings. The molecule has 0 aliphatic heterocycles. The summed E-state index contributed by atoms with van der Waals surface area (Å²) in [5.41, 5.74) is 1.31. The molecule has 0 N–H and O–H groups in total. The fourth-order valence-electron chi connectivity index (χ4n) is 1.30. The van der Waals surface area contributed by atoms with Gasteiger partial charge in [0.05, 0.1) is 0 Å². The van der Waals surface area contributed by atoms with Crippen LogP contribution in [0.25, 0.3) is 0 Å². The Hall–Kier alpha value is -0.520. The van der Waals surface area contributed by atoms with Crippen LogP contribution in [0.15, 0.2) is 24.8 Å². The first kappa shape index (κ1) is 11.5. The molecule has 0 nitrogen and oxygen atoms in total. The van der Waals surface area contributed by atoms with Gasteiger partial charge in [0.1, 0.15) is 0 Å². The van der Waals surface area contributed by atoms with E-state index in [1.807, 2.05) is 6.08 Å². The Kier molecular flexibility index (Phi) is 6.84. The summed E-state index contributed by atoms with van der Waals surface area (Å²) in [6, 6.07) is 0. The molecule has 70 valence electrons. The summed E-state index contributed by atoms with van der Waals surface area (Å²) in [5, 5.41) is 0. The Labute approximate surface area is 77.4 Å². The van der Waals surface area contributed by atoms with Gasteiger partial charge in [0.25, 0.3) is 0 Å². The van der Waals surface area contributed by atoms with E-state index < -0.39 is 0 Å². The first-order chi connectivity index (χ1) is 5.66. The molecular weight excluding hydrogens is 144 g/mol. The molecule has 0 heteroatoms. The summed E-state index contributed by atoms with van der Waals surface area (Å²) in [5.74, 6) is 0.849. The lowest BCUT2D eigenvalue weighted by molar-refractivity contribution is 0.479. The first-order valence-electron chi connectivity index (χ1n) is 4.92. The average molecular weight is 166 g/mol. The molecule has 0 fully saturated rings. The molecule has 0 bridgehead atoms. The minimum atomic E-state index is 0.849. The highest BCUT2D eigenvalue weighted by Gasteiger charge is 1.99. The molecule has 0 saturated carbocycles. The number of rotatable bonds is 7. The molecule has 1 atom stereocenters. The van der Waals surface area contributed by atoms with E-state index in [1.165, 1.54) is 31.3 Å². The van der Waals surface area contributed by atoms with Crippen LogP contribution in [0.3, 0.4) is 0 Å². The van der Waals surface area contributed by atoms with Gasteiger partial charge in [0, 0.05) is 0 Å². The van der Waals surface area contributed by atoms with E-state index in [0.29, 0.717) is 0 Å². The molecule has 12 heavy (non-hydrogen) atoms. The molecule has 0 heterocycles. The van der Waals surface area contributed by atoms with Crippen LogP contribution in [0.5, 0.6) is 0 Å². The fourth-order valence-corrected chi connectivity index (χ4v) is 1.30. The van der Waals surface area contributed by atoms with Crippen LogP contribution in [0.2, 0.25) is 0 Å². The van der Waals surface area contributed by atoms with Crippen molar-refractivity contribution in [3.63, 3.8) is 0 Å². The van der Waals surface area contributed by atoms with Crippen LogP contribution < -0.4 is 0 Å². The van der Waals surface area contributed by atoms with Crippen LogP contribution in [0.4, 0.5) is 0 Å². The van der Waals surface area contributed by atoms with Gasteiger partial charge in [-0.1, -0.05) is 25.0 Å². The summed E-state index contributed by atoms with van der Waals surface area (Å²) in [7, 11) is 0. The minimum absolute atomic E-state index is 0.849. The van der Waals surface area contributed by atoms with Gasteiger partial charge < -0.3 is 0 Å². The lowest BCUT2D eigenvalue weighted by atomic mass is 9.98. The van der Waals surface area contributed by atoms with Gasteiger partial charge in [-0.15, -0.1) is 13.2 Å². The largest absolute Gasteiger partial charge is 0.103 e. The Balaban J connectivity index is 3.24. The predicted octanol–water partition coefficient (Wildman–Crippen LogP) is 4.34. The lowest BCUT2D eigenvalue weighted by Gasteiger charge is -2.08. The molecule has 0 rings (SSSR count). The summed E-state index contributed by atoms with van der Waals surface area (Å²) in [6.07, 6.45) is 8.29. The third kappa shape index (κ3) is 7.59. The molecule has 0 amide bonds. The van der Waals surface area contributed by atoms with Crippen molar-refractivity contribution in [3.05, 3.63) is 24.8 Å². The highest BCUT2D eigenvalue weighted by Crippen LogP contribution is 2.15. The molecule has 0 radical (unpaired) electrons. The van der Waals surface area contributed by atoms with E-state index in [-0.39, 0.29) is 0 Å². The average Bonchev–Trinajstić information content (AvgIpc) is 2.00. The predicted molar refractivity (Wildman–Crippen MR) is 57.3 cm³/mol. The standard InChI is InChI=1S/C12H22/c1-5-6-9-12(4)10-7-8-11(2)3/h5,12H,1-2,6-10H2,3-4H3. The quantitative estimate of drug-likeness (QED) is 0.494. The normalized spacial score (nSPS) is 12.5. The summed E-state index contributed by atoms with van der Waals surface area (Å²) < 4.78 is 0. The molecule has 0 aromatic carbocycles. The number of allylic oxidation sites excluding steroid dienone is 2. The van der Waals surface area contributed by atoms with Gasteiger partial charge in [-0.2, -0.15) is 0 Å². The second-order valence-corrected chi connectivity index (χ2v) is 3.82.